The van der Waals surface area contributed by atoms with E-state index in [4.69, 9.17) is 16.0 Å². The number of hydrogen-bond donors (Lipinski definition) is 2. The fraction of sp³-hybridized carbons (Fsp3) is 0.150. The van der Waals surface area contributed by atoms with Crippen molar-refractivity contribution in [3.05, 3.63) is 53.1 Å². The van der Waals surface area contributed by atoms with Gasteiger partial charge in [0.05, 0.1) is 29.1 Å². The molecule has 0 aliphatic heterocycles. The number of esters is 1. The van der Waals surface area contributed by atoms with Gasteiger partial charge in [0, 0.05) is 18.2 Å². The molecule has 3 aromatic rings. The van der Waals surface area contributed by atoms with Crippen LogP contribution in [-0.4, -0.2) is 40.8 Å². The third-order valence-corrected chi connectivity index (χ3v) is 5.00. The Morgan fingerprint density at radius 1 is 1.10 bits per heavy atom. The van der Waals surface area contributed by atoms with Crippen LogP contribution in [0.25, 0.3) is 11.5 Å². The molecule has 0 radical (unpaired) electrons. The first-order valence-corrected chi connectivity index (χ1v) is 10.2. The quantitative estimate of drug-likeness (QED) is 0.402. The molecule has 160 valence electrons. The molecule has 0 saturated carbocycles. The summed E-state index contributed by atoms with van der Waals surface area (Å²) in [6, 6.07) is 11.3. The van der Waals surface area contributed by atoms with Gasteiger partial charge in [-0.25, -0.2) is 4.79 Å². The van der Waals surface area contributed by atoms with E-state index in [9.17, 15) is 14.4 Å². The van der Waals surface area contributed by atoms with Crippen molar-refractivity contribution >= 4 is 52.5 Å². The highest BCUT2D eigenvalue weighted by Crippen LogP contribution is 2.26. The van der Waals surface area contributed by atoms with Gasteiger partial charge < -0.3 is 19.8 Å². The number of rotatable bonds is 7. The van der Waals surface area contributed by atoms with Gasteiger partial charge in [-0.1, -0.05) is 23.4 Å². The Morgan fingerprint density at radius 3 is 2.52 bits per heavy atom. The first-order chi connectivity index (χ1) is 14.9. The molecular formula is C20H17ClN4O5S. The van der Waals surface area contributed by atoms with E-state index in [-0.39, 0.29) is 39.3 Å². The number of ether oxygens (including phenoxy) is 1. The average Bonchev–Trinajstić information content (AvgIpc) is 3.22. The summed E-state index contributed by atoms with van der Waals surface area (Å²) in [5, 5.41) is 13.7. The minimum absolute atomic E-state index is 0.0120. The van der Waals surface area contributed by atoms with Gasteiger partial charge in [0.1, 0.15) is 0 Å². The standard InChI is InChI=1S/C20H17ClN4O5S/c1-11(26)22-14-6-3-12(4-7-14)18-24-25-20(30-18)31-10-17(27)23-16-9-13(19(28)29-2)5-8-15(16)21/h3-9H,10H2,1-2H3,(H,22,26)(H,23,27). The van der Waals surface area contributed by atoms with Crippen molar-refractivity contribution in [1.29, 1.82) is 0 Å². The first kappa shape index (κ1) is 22.3. The Morgan fingerprint density at radius 2 is 1.84 bits per heavy atom. The van der Waals surface area contributed by atoms with Gasteiger partial charge in [0.15, 0.2) is 0 Å². The van der Waals surface area contributed by atoms with Crippen LogP contribution in [0.2, 0.25) is 5.02 Å². The van der Waals surface area contributed by atoms with Crippen LogP contribution in [0.15, 0.2) is 52.1 Å². The number of amides is 2. The van der Waals surface area contributed by atoms with Crippen molar-refractivity contribution in [2.45, 2.75) is 12.1 Å². The molecule has 2 amide bonds. The zero-order chi connectivity index (χ0) is 22.4. The minimum Gasteiger partial charge on any atom is -0.465 e. The molecule has 0 aliphatic rings. The molecule has 9 nitrogen and oxygen atoms in total. The number of thioether (sulfide) groups is 1. The molecule has 0 fully saturated rings. The SMILES string of the molecule is COC(=O)c1ccc(Cl)c(NC(=O)CSc2nnc(-c3ccc(NC(C)=O)cc3)o2)c1. The molecule has 0 saturated heterocycles. The lowest BCUT2D eigenvalue weighted by molar-refractivity contribution is -0.114. The van der Waals surface area contributed by atoms with E-state index < -0.39 is 5.97 Å². The van der Waals surface area contributed by atoms with E-state index in [0.717, 1.165) is 11.8 Å². The third-order valence-electron chi connectivity index (χ3n) is 3.85. The Balaban J connectivity index is 1.59. The number of nitrogens with zero attached hydrogens (tertiary/aromatic N) is 2. The highest BCUT2D eigenvalue weighted by Gasteiger charge is 2.14. The zero-order valence-electron chi connectivity index (χ0n) is 16.5. The van der Waals surface area contributed by atoms with Crippen LogP contribution in [0, 0.1) is 0 Å². The van der Waals surface area contributed by atoms with Crippen molar-refractivity contribution < 1.29 is 23.5 Å². The minimum atomic E-state index is -0.537. The number of methoxy groups -OCH3 is 1. The summed E-state index contributed by atoms with van der Waals surface area (Å²) in [4.78, 5) is 35.0. The Kier molecular flexibility index (Phi) is 7.27. The summed E-state index contributed by atoms with van der Waals surface area (Å²) in [7, 11) is 1.27. The van der Waals surface area contributed by atoms with Crippen LogP contribution in [0.3, 0.4) is 0 Å². The Bertz CT molecular complexity index is 1120. The molecule has 2 N–H and O–H groups in total. The summed E-state index contributed by atoms with van der Waals surface area (Å²) in [5.41, 5.74) is 1.88. The largest absolute Gasteiger partial charge is 0.465 e. The molecule has 3 rings (SSSR count). The van der Waals surface area contributed by atoms with Gasteiger partial charge in [-0.3, -0.25) is 9.59 Å². The summed E-state index contributed by atoms with van der Waals surface area (Å²) in [5.74, 6) is -0.799. The molecular weight excluding hydrogens is 444 g/mol. The average molecular weight is 461 g/mol. The normalized spacial score (nSPS) is 10.4. The van der Waals surface area contributed by atoms with Gasteiger partial charge >= 0.3 is 5.97 Å². The van der Waals surface area contributed by atoms with Gasteiger partial charge in [0.25, 0.3) is 5.22 Å². The number of benzene rings is 2. The van der Waals surface area contributed by atoms with Crippen molar-refractivity contribution in [3.63, 3.8) is 0 Å². The third kappa shape index (κ3) is 6.06. The van der Waals surface area contributed by atoms with Crippen molar-refractivity contribution in [2.24, 2.45) is 0 Å². The predicted molar refractivity (Wildman–Crippen MR) is 116 cm³/mol. The summed E-state index contributed by atoms with van der Waals surface area (Å²) >= 11 is 7.13. The molecule has 1 aromatic heterocycles. The van der Waals surface area contributed by atoms with E-state index in [1.54, 1.807) is 24.3 Å². The molecule has 11 heteroatoms. The first-order valence-electron chi connectivity index (χ1n) is 8.87. The van der Waals surface area contributed by atoms with E-state index in [1.165, 1.54) is 32.2 Å². The van der Waals surface area contributed by atoms with E-state index in [2.05, 4.69) is 25.6 Å². The molecule has 1 heterocycles. The second kappa shape index (κ2) is 10.1. The van der Waals surface area contributed by atoms with Crippen LogP contribution in [0.4, 0.5) is 11.4 Å². The van der Waals surface area contributed by atoms with E-state index >= 15 is 0 Å². The molecule has 0 atom stereocenters. The maximum atomic E-state index is 12.3. The van der Waals surface area contributed by atoms with Crippen molar-refractivity contribution in [3.8, 4) is 11.5 Å². The van der Waals surface area contributed by atoms with Crippen molar-refractivity contribution in [1.82, 2.24) is 10.2 Å². The molecule has 0 bridgehead atoms. The highest BCUT2D eigenvalue weighted by molar-refractivity contribution is 7.99. The van der Waals surface area contributed by atoms with E-state index in [1.807, 2.05) is 0 Å². The molecule has 0 aliphatic carbocycles. The van der Waals surface area contributed by atoms with Crippen LogP contribution in [-0.2, 0) is 14.3 Å². The molecule has 2 aromatic carbocycles. The maximum Gasteiger partial charge on any atom is 0.337 e. The zero-order valence-corrected chi connectivity index (χ0v) is 18.0. The van der Waals surface area contributed by atoms with Crippen LogP contribution < -0.4 is 10.6 Å². The molecule has 0 spiro atoms. The second-order valence-electron chi connectivity index (χ2n) is 6.15. The number of carbonyl (C=O) groups is 3. The monoisotopic (exact) mass is 460 g/mol. The Hall–Kier alpha value is -3.37. The number of nitrogens with one attached hydrogen (secondary N) is 2. The van der Waals surface area contributed by atoms with Crippen LogP contribution in [0.5, 0.6) is 0 Å². The fourth-order valence-electron chi connectivity index (χ4n) is 2.46. The lowest BCUT2D eigenvalue weighted by Crippen LogP contribution is -2.15. The smallest absolute Gasteiger partial charge is 0.337 e. The maximum absolute atomic E-state index is 12.3. The van der Waals surface area contributed by atoms with Gasteiger partial charge in [-0.05, 0) is 42.5 Å². The fourth-order valence-corrected chi connectivity index (χ4v) is 3.19. The number of halogens is 1. The van der Waals surface area contributed by atoms with Crippen LogP contribution in [0.1, 0.15) is 17.3 Å². The Labute approximate surface area is 186 Å². The van der Waals surface area contributed by atoms with Gasteiger partial charge in [-0.15, -0.1) is 10.2 Å². The number of hydrogen-bond acceptors (Lipinski definition) is 8. The number of anilines is 2. The molecule has 0 unspecified atom stereocenters. The van der Waals surface area contributed by atoms with Crippen LogP contribution >= 0.6 is 23.4 Å². The van der Waals surface area contributed by atoms with Gasteiger partial charge in [-0.2, -0.15) is 0 Å². The predicted octanol–water partition coefficient (Wildman–Crippen LogP) is 3.87. The molecule has 31 heavy (non-hydrogen) atoms. The van der Waals surface area contributed by atoms with E-state index in [0.29, 0.717) is 16.9 Å². The summed E-state index contributed by atoms with van der Waals surface area (Å²) < 4.78 is 10.2. The van der Waals surface area contributed by atoms with Gasteiger partial charge in [0.2, 0.25) is 17.7 Å². The highest BCUT2D eigenvalue weighted by atomic mass is 35.5. The second-order valence-corrected chi connectivity index (χ2v) is 7.49. The topological polar surface area (TPSA) is 123 Å². The lowest BCUT2D eigenvalue weighted by atomic mass is 10.2. The number of carbonyl (C=O) groups excluding carboxylic acids is 3. The number of aromatic nitrogens is 2. The summed E-state index contributed by atoms with van der Waals surface area (Å²) in [6.45, 7) is 1.43. The summed E-state index contributed by atoms with van der Waals surface area (Å²) in [6.07, 6.45) is 0. The van der Waals surface area contributed by atoms with Crippen molar-refractivity contribution in [2.75, 3.05) is 23.5 Å². The lowest BCUT2D eigenvalue weighted by Gasteiger charge is -2.08.